The van der Waals surface area contributed by atoms with E-state index in [4.69, 9.17) is 20.8 Å². The van der Waals surface area contributed by atoms with E-state index in [2.05, 4.69) is 18.3 Å². The van der Waals surface area contributed by atoms with Crippen molar-refractivity contribution in [1.82, 2.24) is 5.32 Å². The van der Waals surface area contributed by atoms with E-state index >= 15 is 0 Å². The van der Waals surface area contributed by atoms with Crippen molar-refractivity contribution in [1.29, 1.82) is 0 Å². The summed E-state index contributed by atoms with van der Waals surface area (Å²) in [5.41, 5.74) is 3.18. The first kappa shape index (κ1) is 15.9. The van der Waals surface area contributed by atoms with E-state index in [-0.39, 0.29) is 0 Å². The zero-order chi connectivity index (χ0) is 15.4. The Morgan fingerprint density at radius 1 is 1.14 bits per heavy atom. The highest BCUT2D eigenvalue weighted by Gasteiger charge is 2.10. The van der Waals surface area contributed by atoms with Gasteiger partial charge in [-0.3, -0.25) is 0 Å². The van der Waals surface area contributed by atoms with Crippen LogP contribution in [-0.4, -0.2) is 6.54 Å². The topological polar surface area (TPSA) is 34.4 Å². The van der Waals surface area contributed by atoms with Gasteiger partial charge in [0.25, 0.3) is 0 Å². The van der Waals surface area contributed by atoms with E-state index in [1.165, 1.54) is 0 Å². The third-order valence-electron chi connectivity index (χ3n) is 3.42. The molecule has 2 aromatic rings. The number of aryl methyl sites for hydroxylation is 3. The normalized spacial score (nSPS) is 10.9. The van der Waals surface area contributed by atoms with Crippen molar-refractivity contribution in [2.75, 3.05) is 6.54 Å². The molecule has 2 rings (SSSR count). The van der Waals surface area contributed by atoms with Crippen molar-refractivity contribution < 1.29 is 9.15 Å². The van der Waals surface area contributed by atoms with Crippen molar-refractivity contribution in [3.05, 3.63) is 51.4 Å². The first-order valence-electron chi connectivity index (χ1n) is 7.19. The average molecular weight is 308 g/mol. The van der Waals surface area contributed by atoms with Gasteiger partial charge in [-0.15, -0.1) is 0 Å². The number of hydrogen-bond acceptors (Lipinski definition) is 3. The van der Waals surface area contributed by atoms with E-state index in [0.717, 1.165) is 52.1 Å². The fraction of sp³-hybridized carbons (Fsp3) is 0.412. The van der Waals surface area contributed by atoms with E-state index in [1.54, 1.807) is 0 Å². The predicted molar refractivity (Wildman–Crippen MR) is 86.1 cm³/mol. The molecule has 4 heteroatoms. The summed E-state index contributed by atoms with van der Waals surface area (Å²) in [6, 6.07) is 5.89. The molecular weight excluding hydrogens is 286 g/mol. The second-order valence-corrected chi connectivity index (χ2v) is 5.67. The molecule has 0 aliphatic rings. The molecule has 0 amide bonds. The van der Waals surface area contributed by atoms with Gasteiger partial charge in [-0.05, 0) is 56.6 Å². The van der Waals surface area contributed by atoms with Crippen LogP contribution in [-0.2, 0) is 13.2 Å². The second-order valence-electron chi connectivity index (χ2n) is 5.23. The lowest BCUT2D eigenvalue weighted by Gasteiger charge is -2.12. The van der Waals surface area contributed by atoms with Crippen LogP contribution in [0.25, 0.3) is 0 Å². The molecule has 0 unspecified atom stereocenters. The maximum atomic E-state index is 6.04. The molecule has 0 aliphatic heterocycles. The standard InChI is InChI=1S/C17H22ClNO2/c1-5-19-9-16-8-14(13(4)21-16)10-20-17-11(2)6-15(18)7-12(17)3/h6-8,19H,5,9-10H2,1-4H3. The number of furan rings is 1. The summed E-state index contributed by atoms with van der Waals surface area (Å²) in [6.07, 6.45) is 0. The quantitative estimate of drug-likeness (QED) is 0.850. The highest BCUT2D eigenvalue weighted by molar-refractivity contribution is 6.30. The molecule has 114 valence electrons. The molecule has 0 aliphatic carbocycles. The number of rotatable bonds is 6. The summed E-state index contributed by atoms with van der Waals surface area (Å²) in [5.74, 6) is 2.75. The fourth-order valence-corrected chi connectivity index (χ4v) is 2.67. The summed E-state index contributed by atoms with van der Waals surface area (Å²) < 4.78 is 11.7. The molecule has 0 fully saturated rings. The van der Waals surface area contributed by atoms with E-state index in [1.807, 2.05) is 32.9 Å². The van der Waals surface area contributed by atoms with Crippen molar-refractivity contribution in [3.63, 3.8) is 0 Å². The SMILES string of the molecule is CCNCc1cc(COc2c(C)cc(Cl)cc2C)c(C)o1. The summed E-state index contributed by atoms with van der Waals surface area (Å²) in [5, 5.41) is 3.99. The second kappa shape index (κ2) is 7.01. The van der Waals surface area contributed by atoms with Gasteiger partial charge in [0.15, 0.2) is 0 Å². The zero-order valence-electron chi connectivity index (χ0n) is 13.0. The van der Waals surface area contributed by atoms with Gasteiger partial charge in [-0.2, -0.15) is 0 Å². The molecule has 0 bridgehead atoms. The average Bonchev–Trinajstić information content (AvgIpc) is 2.76. The molecule has 1 heterocycles. The van der Waals surface area contributed by atoms with Crippen LogP contribution in [0.1, 0.15) is 35.1 Å². The molecule has 1 aromatic heterocycles. The molecule has 0 saturated heterocycles. The Balaban J connectivity index is 2.08. The van der Waals surface area contributed by atoms with Crippen LogP contribution in [0.3, 0.4) is 0 Å². The number of hydrogen-bond donors (Lipinski definition) is 1. The molecule has 0 spiro atoms. The smallest absolute Gasteiger partial charge is 0.125 e. The highest BCUT2D eigenvalue weighted by atomic mass is 35.5. The molecule has 1 aromatic carbocycles. The molecule has 3 nitrogen and oxygen atoms in total. The Hall–Kier alpha value is -1.45. The number of nitrogens with one attached hydrogen (secondary N) is 1. The summed E-state index contributed by atoms with van der Waals surface area (Å²) in [6.45, 7) is 10.2. The van der Waals surface area contributed by atoms with E-state index in [0.29, 0.717) is 6.61 Å². The van der Waals surface area contributed by atoms with Crippen molar-refractivity contribution >= 4 is 11.6 Å². The van der Waals surface area contributed by atoms with Gasteiger partial charge < -0.3 is 14.5 Å². The summed E-state index contributed by atoms with van der Waals surface area (Å²) in [7, 11) is 0. The van der Waals surface area contributed by atoms with Gasteiger partial charge in [-0.25, -0.2) is 0 Å². The van der Waals surface area contributed by atoms with Crippen LogP contribution in [0.4, 0.5) is 0 Å². The molecular formula is C17H22ClNO2. The Labute approximate surface area is 131 Å². The van der Waals surface area contributed by atoms with Gasteiger partial charge in [0.1, 0.15) is 23.9 Å². The largest absolute Gasteiger partial charge is 0.488 e. The third kappa shape index (κ3) is 4.02. The fourth-order valence-electron chi connectivity index (χ4n) is 2.34. The van der Waals surface area contributed by atoms with Gasteiger partial charge in [-0.1, -0.05) is 18.5 Å². The minimum absolute atomic E-state index is 0.505. The number of halogens is 1. The van der Waals surface area contributed by atoms with Gasteiger partial charge in [0.2, 0.25) is 0 Å². The molecule has 0 radical (unpaired) electrons. The zero-order valence-corrected chi connectivity index (χ0v) is 13.8. The lowest BCUT2D eigenvalue weighted by molar-refractivity contribution is 0.299. The minimum atomic E-state index is 0.505. The molecule has 0 saturated carbocycles. The van der Waals surface area contributed by atoms with Crippen molar-refractivity contribution in [3.8, 4) is 5.75 Å². The predicted octanol–water partition coefficient (Wildman–Crippen LogP) is 4.55. The van der Waals surface area contributed by atoms with Crippen LogP contribution in [0.2, 0.25) is 5.02 Å². The van der Waals surface area contributed by atoms with Crippen LogP contribution in [0.5, 0.6) is 5.75 Å². The minimum Gasteiger partial charge on any atom is -0.488 e. The van der Waals surface area contributed by atoms with Crippen LogP contribution >= 0.6 is 11.6 Å². The Morgan fingerprint density at radius 3 is 2.43 bits per heavy atom. The first-order chi connectivity index (χ1) is 10.0. The summed E-state index contributed by atoms with van der Waals surface area (Å²) >= 11 is 6.04. The Bertz CT molecular complexity index is 596. The maximum absolute atomic E-state index is 6.04. The number of benzene rings is 1. The molecule has 1 N–H and O–H groups in total. The van der Waals surface area contributed by atoms with Crippen molar-refractivity contribution in [2.24, 2.45) is 0 Å². The van der Waals surface area contributed by atoms with Crippen molar-refractivity contribution in [2.45, 2.75) is 40.8 Å². The number of ether oxygens (including phenoxy) is 1. The monoisotopic (exact) mass is 307 g/mol. The Kier molecular flexibility index (Phi) is 5.32. The Morgan fingerprint density at radius 2 is 1.81 bits per heavy atom. The maximum Gasteiger partial charge on any atom is 0.125 e. The van der Waals surface area contributed by atoms with Gasteiger partial charge >= 0.3 is 0 Å². The van der Waals surface area contributed by atoms with E-state index < -0.39 is 0 Å². The highest BCUT2D eigenvalue weighted by Crippen LogP contribution is 2.28. The third-order valence-corrected chi connectivity index (χ3v) is 3.64. The van der Waals surface area contributed by atoms with Crippen LogP contribution < -0.4 is 10.1 Å². The summed E-state index contributed by atoms with van der Waals surface area (Å²) in [4.78, 5) is 0. The van der Waals surface area contributed by atoms with Crippen LogP contribution in [0.15, 0.2) is 22.6 Å². The lowest BCUT2D eigenvalue weighted by Crippen LogP contribution is -2.10. The lowest BCUT2D eigenvalue weighted by atomic mass is 10.1. The van der Waals surface area contributed by atoms with E-state index in [9.17, 15) is 0 Å². The van der Waals surface area contributed by atoms with Gasteiger partial charge in [0, 0.05) is 10.6 Å². The van der Waals surface area contributed by atoms with Crippen LogP contribution in [0, 0.1) is 20.8 Å². The first-order valence-corrected chi connectivity index (χ1v) is 7.57. The molecule has 0 atom stereocenters. The molecule has 21 heavy (non-hydrogen) atoms. The van der Waals surface area contributed by atoms with Gasteiger partial charge in [0.05, 0.1) is 6.54 Å².